The van der Waals surface area contributed by atoms with Crippen molar-refractivity contribution in [3.05, 3.63) is 0 Å². The molecule has 3 N–H and O–H groups in total. The topological polar surface area (TPSA) is 237 Å². The lowest BCUT2D eigenvalue weighted by Crippen LogP contribution is -2.30. The van der Waals surface area contributed by atoms with E-state index in [0.29, 0.717) is 25.7 Å². The molecule has 91 heavy (non-hydrogen) atoms. The summed E-state index contributed by atoms with van der Waals surface area (Å²) in [7, 11) is -9.90. The third kappa shape index (κ3) is 66.5. The zero-order valence-electron chi connectivity index (χ0n) is 59.0. The van der Waals surface area contributed by atoms with E-state index in [9.17, 15) is 43.2 Å². The molecule has 0 aliphatic heterocycles. The fraction of sp³-hybridized carbons (Fsp3) is 0.944. The van der Waals surface area contributed by atoms with E-state index in [4.69, 9.17) is 37.0 Å². The van der Waals surface area contributed by atoms with E-state index >= 15 is 0 Å². The maximum Gasteiger partial charge on any atom is 0.472 e. The Bertz CT molecular complexity index is 1750. The van der Waals surface area contributed by atoms with Gasteiger partial charge in [-0.3, -0.25) is 37.3 Å². The summed E-state index contributed by atoms with van der Waals surface area (Å²) in [5, 5.41) is 10.6. The Kier molecular flexibility index (Phi) is 64.0. The second kappa shape index (κ2) is 65.4. The molecule has 0 radical (unpaired) electrons. The van der Waals surface area contributed by atoms with Crippen LogP contribution in [0.2, 0.25) is 0 Å². The first-order valence-electron chi connectivity index (χ1n) is 37.6. The van der Waals surface area contributed by atoms with Crippen molar-refractivity contribution in [2.75, 3.05) is 39.6 Å². The lowest BCUT2D eigenvalue weighted by atomic mass is 10.0. The van der Waals surface area contributed by atoms with E-state index in [-0.39, 0.29) is 25.7 Å². The Labute approximate surface area is 556 Å². The first kappa shape index (κ1) is 89.1. The maximum absolute atomic E-state index is 13.0. The van der Waals surface area contributed by atoms with Gasteiger partial charge in [0.2, 0.25) is 0 Å². The summed E-state index contributed by atoms with van der Waals surface area (Å²) in [6, 6.07) is 0. The van der Waals surface area contributed by atoms with E-state index in [0.717, 1.165) is 95.8 Å². The summed E-state index contributed by atoms with van der Waals surface area (Å²) in [4.78, 5) is 72.6. The quantitative estimate of drug-likeness (QED) is 0.0222. The summed E-state index contributed by atoms with van der Waals surface area (Å²) < 4.78 is 68.4. The number of hydrogen-bond acceptors (Lipinski definition) is 15. The molecule has 2 unspecified atom stereocenters. The monoisotopic (exact) mass is 1340 g/mol. The van der Waals surface area contributed by atoms with Gasteiger partial charge < -0.3 is 33.8 Å². The lowest BCUT2D eigenvalue weighted by Gasteiger charge is -2.21. The molecule has 0 spiro atoms. The molecule has 0 heterocycles. The zero-order valence-corrected chi connectivity index (χ0v) is 60.8. The van der Waals surface area contributed by atoms with Crippen LogP contribution in [-0.4, -0.2) is 96.7 Å². The standard InChI is InChI=1S/C72H140O17P2/c1-6-9-12-15-18-21-24-26-32-36-41-46-51-56-70(75)83-62-68(89-72(77)58-53-48-43-38-33-28-27-30-34-39-44-49-54-65(4)5)64-87-91(80,81)85-60-66(73)59-84-90(78,79)86-63-67(61-82-69(74)55-50-45-40-35-29-23-20-17-14-11-8-3)88-71(76)57-52-47-42-37-31-25-22-19-16-13-10-7-2/h65-68,73H,6-64H2,1-5H3,(H,78,79)(H,80,81)/t66-,67+,68+/m0/s1. The molecule has 0 aliphatic carbocycles. The highest BCUT2D eigenvalue weighted by Gasteiger charge is 2.30. The number of phosphoric acid groups is 2. The van der Waals surface area contributed by atoms with E-state index in [1.807, 2.05) is 0 Å². The van der Waals surface area contributed by atoms with Crippen LogP contribution >= 0.6 is 15.6 Å². The number of carbonyl (C=O) groups excluding carboxylic acids is 4. The third-order valence-corrected chi connectivity index (χ3v) is 18.7. The van der Waals surface area contributed by atoms with Gasteiger partial charge in [0.15, 0.2) is 12.2 Å². The highest BCUT2D eigenvalue weighted by atomic mass is 31.2. The van der Waals surface area contributed by atoms with Crippen LogP contribution in [0.3, 0.4) is 0 Å². The smallest absolute Gasteiger partial charge is 0.462 e. The fourth-order valence-electron chi connectivity index (χ4n) is 11.0. The Balaban J connectivity index is 5.25. The Morgan fingerprint density at radius 1 is 0.297 bits per heavy atom. The van der Waals surface area contributed by atoms with Crippen LogP contribution < -0.4 is 0 Å². The number of hydrogen-bond donors (Lipinski definition) is 3. The minimum absolute atomic E-state index is 0.108. The Morgan fingerprint density at radius 3 is 0.747 bits per heavy atom. The molecule has 0 aromatic heterocycles. The molecule has 0 amide bonds. The normalized spacial score (nSPS) is 14.0. The highest BCUT2D eigenvalue weighted by Crippen LogP contribution is 2.45. The number of esters is 4. The lowest BCUT2D eigenvalue weighted by molar-refractivity contribution is -0.161. The number of carbonyl (C=O) groups is 4. The van der Waals surface area contributed by atoms with Crippen molar-refractivity contribution in [2.45, 2.75) is 393 Å². The maximum atomic E-state index is 13.0. The van der Waals surface area contributed by atoms with Gasteiger partial charge in [0.1, 0.15) is 19.3 Å². The molecule has 0 aromatic rings. The predicted molar refractivity (Wildman–Crippen MR) is 368 cm³/mol. The summed E-state index contributed by atoms with van der Waals surface area (Å²) in [6.07, 6.45) is 52.5. The van der Waals surface area contributed by atoms with Crippen molar-refractivity contribution in [2.24, 2.45) is 5.92 Å². The van der Waals surface area contributed by atoms with Crippen molar-refractivity contribution in [1.29, 1.82) is 0 Å². The molecular formula is C72H140O17P2. The molecule has 0 saturated heterocycles. The average Bonchev–Trinajstić information content (AvgIpc) is 3.72. The SMILES string of the molecule is CCCCCCCCCCCCCCCC(=O)OC[C@H](COP(=O)(O)OC[C@@H](O)COP(=O)(O)OC[C@@H](COC(=O)CCCCCCCCCCCCC)OC(=O)CCCCCCCCCCCCCC)OC(=O)CCCCCCCCCCCCCCC(C)C. The minimum atomic E-state index is -4.95. The van der Waals surface area contributed by atoms with Crippen molar-refractivity contribution in [1.82, 2.24) is 0 Å². The number of phosphoric ester groups is 2. The number of ether oxygens (including phenoxy) is 4. The summed E-state index contributed by atoms with van der Waals surface area (Å²) in [5.74, 6) is -1.34. The summed E-state index contributed by atoms with van der Waals surface area (Å²) in [5.41, 5.74) is 0. The van der Waals surface area contributed by atoms with E-state index in [1.54, 1.807) is 0 Å². The van der Waals surface area contributed by atoms with Crippen molar-refractivity contribution < 1.29 is 80.2 Å². The first-order chi connectivity index (χ1) is 44.0. The van der Waals surface area contributed by atoms with Crippen molar-refractivity contribution >= 4 is 39.5 Å². The molecule has 0 rings (SSSR count). The Morgan fingerprint density at radius 2 is 0.505 bits per heavy atom. The predicted octanol–water partition coefficient (Wildman–Crippen LogP) is 20.9. The molecule has 0 saturated carbocycles. The van der Waals surface area contributed by atoms with Gasteiger partial charge >= 0.3 is 39.5 Å². The van der Waals surface area contributed by atoms with Gasteiger partial charge in [-0.25, -0.2) is 9.13 Å². The van der Waals surface area contributed by atoms with Crippen molar-refractivity contribution in [3.8, 4) is 0 Å². The summed E-state index contributed by atoms with van der Waals surface area (Å²) in [6.45, 7) is 7.28. The molecule has 19 heteroatoms. The third-order valence-electron chi connectivity index (χ3n) is 16.8. The van der Waals surface area contributed by atoms with Crippen LogP contribution in [-0.2, 0) is 65.4 Å². The van der Waals surface area contributed by atoms with Gasteiger partial charge in [-0.1, -0.05) is 324 Å². The van der Waals surface area contributed by atoms with Crippen LogP contribution in [0.15, 0.2) is 0 Å². The van der Waals surface area contributed by atoms with E-state index in [2.05, 4.69) is 34.6 Å². The van der Waals surface area contributed by atoms with Crippen LogP contribution in [0.1, 0.15) is 375 Å². The molecule has 17 nitrogen and oxygen atoms in total. The van der Waals surface area contributed by atoms with Crippen LogP contribution in [0.25, 0.3) is 0 Å². The van der Waals surface area contributed by atoms with Gasteiger partial charge in [0.25, 0.3) is 0 Å². The van der Waals surface area contributed by atoms with E-state index < -0.39 is 97.5 Å². The number of aliphatic hydroxyl groups excluding tert-OH is 1. The van der Waals surface area contributed by atoms with E-state index in [1.165, 1.54) is 199 Å². The molecule has 0 fully saturated rings. The van der Waals surface area contributed by atoms with Gasteiger partial charge in [-0.2, -0.15) is 0 Å². The molecule has 0 aliphatic rings. The Hall–Kier alpha value is -1.94. The van der Waals surface area contributed by atoms with Crippen LogP contribution in [0.4, 0.5) is 0 Å². The fourth-order valence-corrected chi connectivity index (χ4v) is 12.6. The van der Waals surface area contributed by atoms with Crippen LogP contribution in [0.5, 0.6) is 0 Å². The van der Waals surface area contributed by atoms with Gasteiger partial charge in [0.05, 0.1) is 26.4 Å². The zero-order chi connectivity index (χ0) is 67.0. The van der Waals surface area contributed by atoms with Gasteiger partial charge in [-0.05, 0) is 31.6 Å². The number of unbranched alkanes of at least 4 members (excludes halogenated alkanes) is 44. The number of rotatable bonds is 72. The average molecular weight is 1340 g/mol. The van der Waals surface area contributed by atoms with Crippen LogP contribution in [0, 0.1) is 5.92 Å². The van der Waals surface area contributed by atoms with Gasteiger partial charge in [0, 0.05) is 25.7 Å². The van der Waals surface area contributed by atoms with Gasteiger partial charge in [-0.15, -0.1) is 0 Å². The second-order valence-corrected chi connectivity index (χ2v) is 29.4. The molecular weight excluding hydrogens is 1200 g/mol. The highest BCUT2D eigenvalue weighted by molar-refractivity contribution is 7.47. The minimum Gasteiger partial charge on any atom is -0.462 e. The largest absolute Gasteiger partial charge is 0.472 e. The second-order valence-electron chi connectivity index (χ2n) is 26.5. The molecule has 0 bridgehead atoms. The molecule has 540 valence electrons. The van der Waals surface area contributed by atoms with Crippen molar-refractivity contribution in [3.63, 3.8) is 0 Å². The number of aliphatic hydroxyl groups is 1. The first-order valence-corrected chi connectivity index (χ1v) is 40.6. The molecule has 5 atom stereocenters. The summed E-state index contributed by atoms with van der Waals surface area (Å²) >= 11 is 0. The molecule has 0 aromatic carbocycles.